The van der Waals surface area contributed by atoms with Crippen molar-refractivity contribution in [1.82, 2.24) is 0 Å². The average Bonchev–Trinajstić information content (AvgIpc) is 2.50. The fourth-order valence-corrected chi connectivity index (χ4v) is 2.09. The minimum Gasteiger partial charge on any atom is -0.481 e. The van der Waals surface area contributed by atoms with Gasteiger partial charge in [0.1, 0.15) is 24.6 Å². The zero-order valence-electron chi connectivity index (χ0n) is 12.5. The highest BCUT2D eigenvalue weighted by molar-refractivity contribution is 6.04. The molecule has 0 saturated carbocycles. The van der Waals surface area contributed by atoms with Crippen LogP contribution in [0.3, 0.4) is 0 Å². The summed E-state index contributed by atoms with van der Waals surface area (Å²) in [6, 6.07) is 5.08. The van der Waals surface area contributed by atoms with Crippen molar-refractivity contribution in [3.8, 4) is 5.75 Å². The molecule has 0 spiro atoms. The van der Waals surface area contributed by atoms with Gasteiger partial charge in [0.2, 0.25) is 0 Å². The second-order valence-corrected chi connectivity index (χ2v) is 4.80. The number of hydrogen-bond donors (Lipinski definition) is 1. The van der Waals surface area contributed by atoms with Crippen molar-refractivity contribution in [2.75, 3.05) is 43.6 Å². The summed E-state index contributed by atoms with van der Waals surface area (Å²) < 4.78 is 15.6. The van der Waals surface area contributed by atoms with Crippen molar-refractivity contribution in [3.63, 3.8) is 0 Å². The minimum atomic E-state index is -0.510. The van der Waals surface area contributed by atoms with Gasteiger partial charge in [0.05, 0.1) is 12.3 Å². The van der Waals surface area contributed by atoms with Crippen molar-refractivity contribution in [1.29, 1.82) is 0 Å². The number of carbonyl (C=O) groups is 2. The molecule has 1 aromatic carbocycles. The highest BCUT2D eigenvalue weighted by atomic mass is 16.6. The van der Waals surface area contributed by atoms with E-state index in [0.29, 0.717) is 30.3 Å². The van der Waals surface area contributed by atoms with Crippen LogP contribution in [0.15, 0.2) is 18.2 Å². The maximum atomic E-state index is 12.0. The first-order chi connectivity index (χ1) is 10.6. The van der Waals surface area contributed by atoms with Crippen molar-refractivity contribution < 1.29 is 23.8 Å². The molecule has 0 aromatic heterocycles. The third-order valence-electron chi connectivity index (χ3n) is 3.08. The van der Waals surface area contributed by atoms with Crippen LogP contribution in [0.25, 0.3) is 0 Å². The number of amides is 1. The number of fused-ring (bicyclic) bond motifs is 1. The molecule has 2 N–H and O–H groups in total. The first kappa shape index (κ1) is 16.1. The van der Waals surface area contributed by atoms with Crippen LogP contribution in [0.4, 0.5) is 11.4 Å². The van der Waals surface area contributed by atoms with Crippen LogP contribution in [0.5, 0.6) is 5.75 Å². The number of esters is 1. The molecule has 7 nitrogen and oxygen atoms in total. The Morgan fingerprint density at radius 2 is 2.18 bits per heavy atom. The van der Waals surface area contributed by atoms with Gasteiger partial charge in [-0.25, -0.2) is 0 Å². The van der Waals surface area contributed by atoms with Gasteiger partial charge < -0.3 is 19.9 Å². The standard InChI is InChI=1S/C15H20N2O5/c1-2-6-20-7-8-21-14(19)9-17-13(18)10-22-12-5-3-4-11(16)15(12)17/h3-5H,2,6-10,16H2,1H3. The molecular weight excluding hydrogens is 288 g/mol. The smallest absolute Gasteiger partial charge is 0.326 e. The third-order valence-corrected chi connectivity index (χ3v) is 3.08. The lowest BCUT2D eigenvalue weighted by Gasteiger charge is -2.29. The van der Waals surface area contributed by atoms with Crippen LogP contribution >= 0.6 is 0 Å². The normalized spacial score (nSPS) is 13.5. The molecule has 0 aliphatic carbocycles. The quantitative estimate of drug-likeness (QED) is 0.458. The Morgan fingerprint density at radius 3 is 2.95 bits per heavy atom. The number of carbonyl (C=O) groups excluding carboxylic acids is 2. The molecule has 0 atom stereocenters. The van der Waals surface area contributed by atoms with E-state index in [1.54, 1.807) is 18.2 Å². The molecule has 0 saturated heterocycles. The highest BCUT2D eigenvalue weighted by Crippen LogP contribution is 2.36. The van der Waals surface area contributed by atoms with E-state index in [1.807, 2.05) is 6.92 Å². The van der Waals surface area contributed by atoms with Gasteiger partial charge in [-0.3, -0.25) is 14.5 Å². The van der Waals surface area contributed by atoms with Crippen LogP contribution in [-0.2, 0) is 19.1 Å². The summed E-state index contributed by atoms with van der Waals surface area (Å²) in [5, 5.41) is 0. The monoisotopic (exact) mass is 308 g/mol. The second-order valence-electron chi connectivity index (χ2n) is 4.80. The van der Waals surface area contributed by atoms with Crippen LogP contribution < -0.4 is 15.4 Å². The summed E-state index contributed by atoms with van der Waals surface area (Å²) in [6.07, 6.45) is 0.909. The summed E-state index contributed by atoms with van der Waals surface area (Å²) in [7, 11) is 0. The van der Waals surface area contributed by atoms with Crippen molar-refractivity contribution >= 4 is 23.3 Å². The summed E-state index contributed by atoms with van der Waals surface area (Å²) in [5.41, 5.74) is 6.67. The van der Waals surface area contributed by atoms with E-state index < -0.39 is 5.97 Å². The maximum absolute atomic E-state index is 12.0. The minimum absolute atomic E-state index is 0.122. The van der Waals surface area contributed by atoms with E-state index in [2.05, 4.69) is 0 Å². The van der Waals surface area contributed by atoms with Crippen LogP contribution in [0.1, 0.15) is 13.3 Å². The summed E-state index contributed by atoms with van der Waals surface area (Å²) in [6.45, 7) is 2.81. The van der Waals surface area contributed by atoms with Crippen molar-refractivity contribution in [2.45, 2.75) is 13.3 Å². The van der Waals surface area contributed by atoms with Gasteiger partial charge in [0.25, 0.3) is 5.91 Å². The van der Waals surface area contributed by atoms with Crippen LogP contribution in [-0.4, -0.2) is 44.8 Å². The van der Waals surface area contributed by atoms with Gasteiger partial charge in [-0.2, -0.15) is 0 Å². The molecule has 0 fully saturated rings. The Balaban J connectivity index is 1.95. The Labute approximate surface area is 128 Å². The number of rotatable bonds is 7. The molecule has 2 rings (SSSR count). The Kier molecular flexibility index (Phi) is 5.60. The lowest BCUT2D eigenvalue weighted by atomic mass is 10.2. The molecule has 1 aliphatic heterocycles. The van der Waals surface area contributed by atoms with Crippen LogP contribution in [0, 0.1) is 0 Å². The van der Waals surface area contributed by atoms with E-state index in [4.69, 9.17) is 19.9 Å². The highest BCUT2D eigenvalue weighted by Gasteiger charge is 2.29. The zero-order chi connectivity index (χ0) is 15.9. The average molecular weight is 308 g/mol. The van der Waals surface area contributed by atoms with E-state index in [1.165, 1.54) is 4.90 Å². The number of nitrogens with two attached hydrogens (primary N) is 1. The predicted octanol–water partition coefficient (Wildman–Crippen LogP) is 0.964. The van der Waals surface area contributed by atoms with E-state index in [-0.39, 0.29) is 25.7 Å². The SMILES string of the molecule is CCCOCCOC(=O)CN1C(=O)COc2cccc(N)c21. The summed E-state index contributed by atoms with van der Waals surface area (Å²) in [5.74, 6) is -0.354. The first-order valence-electron chi connectivity index (χ1n) is 7.18. The summed E-state index contributed by atoms with van der Waals surface area (Å²) >= 11 is 0. The number of anilines is 2. The molecule has 1 aliphatic rings. The molecule has 22 heavy (non-hydrogen) atoms. The Morgan fingerprint density at radius 1 is 1.36 bits per heavy atom. The van der Waals surface area contributed by atoms with Gasteiger partial charge in [0, 0.05) is 6.61 Å². The Bertz CT molecular complexity index is 547. The van der Waals surface area contributed by atoms with E-state index in [9.17, 15) is 9.59 Å². The van der Waals surface area contributed by atoms with E-state index >= 15 is 0 Å². The molecule has 1 heterocycles. The molecule has 0 bridgehead atoms. The number of benzene rings is 1. The number of para-hydroxylation sites is 1. The van der Waals surface area contributed by atoms with Crippen molar-refractivity contribution in [3.05, 3.63) is 18.2 Å². The molecule has 0 unspecified atom stereocenters. The van der Waals surface area contributed by atoms with Crippen LogP contribution in [0.2, 0.25) is 0 Å². The van der Waals surface area contributed by atoms with Gasteiger partial charge in [-0.15, -0.1) is 0 Å². The molecule has 7 heteroatoms. The van der Waals surface area contributed by atoms with Gasteiger partial charge in [-0.1, -0.05) is 13.0 Å². The fourth-order valence-electron chi connectivity index (χ4n) is 2.09. The zero-order valence-corrected chi connectivity index (χ0v) is 12.5. The predicted molar refractivity (Wildman–Crippen MR) is 80.8 cm³/mol. The lowest BCUT2D eigenvalue weighted by Crippen LogP contribution is -2.43. The third kappa shape index (κ3) is 3.88. The van der Waals surface area contributed by atoms with Gasteiger partial charge in [-0.05, 0) is 18.6 Å². The number of hydrogen-bond acceptors (Lipinski definition) is 6. The van der Waals surface area contributed by atoms with Crippen molar-refractivity contribution in [2.24, 2.45) is 0 Å². The maximum Gasteiger partial charge on any atom is 0.326 e. The molecule has 1 amide bonds. The number of nitrogen functional groups attached to an aromatic ring is 1. The second kappa shape index (κ2) is 7.65. The topological polar surface area (TPSA) is 91.1 Å². The first-order valence-corrected chi connectivity index (χ1v) is 7.18. The molecule has 1 aromatic rings. The van der Waals surface area contributed by atoms with Gasteiger partial charge >= 0.3 is 5.97 Å². The molecule has 0 radical (unpaired) electrons. The van der Waals surface area contributed by atoms with E-state index in [0.717, 1.165) is 6.42 Å². The Hall–Kier alpha value is -2.28. The largest absolute Gasteiger partial charge is 0.481 e. The lowest BCUT2D eigenvalue weighted by molar-refractivity contribution is -0.144. The van der Waals surface area contributed by atoms with Gasteiger partial charge in [0.15, 0.2) is 6.61 Å². The number of nitrogens with zero attached hydrogens (tertiary/aromatic N) is 1. The molecule has 120 valence electrons. The molecular formula is C15H20N2O5. The summed E-state index contributed by atoms with van der Waals surface area (Å²) in [4.78, 5) is 25.1. The fraction of sp³-hybridized carbons (Fsp3) is 0.467. The number of ether oxygens (including phenoxy) is 3.